The second-order valence-electron chi connectivity index (χ2n) is 9.58. The zero-order valence-electron chi connectivity index (χ0n) is 21.6. The third kappa shape index (κ3) is 7.78. The van der Waals surface area contributed by atoms with Crippen molar-refractivity contribution >= 4 is 23.1 Å². The fraction of sp³-hybridized carbons (Fsp3) is 0.500. The lowest BCUT2D eigenvalue weighted by atomic mass is 9.93. The second-order valence-corrected chi connectivity index (χ2v) is 9.58. The molecule has 0 aliphatic carbocycles. The number of hydrogen-bond acceptors (Lipinski definition) is 4. The molecule has 2 aromatic carbocycles. The number of rotatable bonds is 15. The predicted molar refractivity (Wildman–Crippen MR) is 143 cm³/mol. The Morgan fingerprint density at radius 1 is 0.829 bits per heavy atom. The van der Waals surface area contributed by atoms with Crippen LogP contribution >= 0.6 is 0 Å². The number of hydrogen-bond donors (Lipinski definition) is 0. The maximum Gasteiger partial charge on any atom is 0.264 e. The molecule has 0 radical (unpaired) electrons. The van der Waals surface area contributed by atoms with Gasteiger partial charge in [0, 0.05) is 5.56 Å². The monoisotopic (exact) mass is 476 g/mol. The highest BCUT2D eigenvalue weighted by Gasteiger charge is 2.39. The van der Waals surface area contributed by atoms with E-state index in [-0.39, 0.29) is 11.7 Å². The van der Waals surface area contributed by atoms with Crippen molar-refractivity contribution in [2.75, 3.05) is 11.6 Å². The molecule has 0 saturated heterocycles. The summed E-state index contributed by atoms with van der Waals surface area (Å²) in [6.07, 6.45) is 12.9. The zero-order chi connectivity index (χ0) is 25.0. The molecule has 1 unspecified atom stereocenters. The number of aryl methyl sites for hydroxylation is 1. The van der Waals surface area contributed by atoms with Crippen molar-refractivity contribution in [3.8, 4) is 5.75 Å². The van der Waals surface area contributed by atoms with Crippen molar-refractivity contribution in [3.05, 3.63) is 59.7 Å². The lowest BCUT2D eigenvalue weighted by Gasteiger charge is -2.14. The van der Waals surface area contributed by atoms with Crippen LogP contribution in [-0.2, 0) is 4.79 Å². The third-order valence-electron chi connectivity index (χ3n) is 6.58. The summed E-state index contributed by atoms with van der Waals surface area (Å²) in [5, 5.41) is 5.70. The number of ether oxygens (including phenoxy) is 1. The van der Waals surface area contributed by atoms with Crippen molar-refractivity contribution in [2.45, 2.75) is 85.0 Å². The highest BCUT2D eigenvalue weighted by atomic mass is 16.5. The van der Waals surface area contributed by atoms with E-state index in [0.29, 0.717) is 23.6 Å². The van der Waals surface area contributed by atoms with Crippen molar-refractivity contribution in [3.63, 3.8) is 0 Å². The first-order valence-electron chi connectivity index (χ1n) is 13.2. The summed E-state index contributed by atoms with van der Waals surface area (Å²) in [5.74, 6) is -0.665. The highest BCUT2D eigenvalue weighted by molar-refractivity contribution is 6.30. The molecule has 1 aliphatic rings. The molecule has 0 N–H and O–H groups in total. The fourth-order valence-corrected chi connectivity index (χ4v) is 4.40. The van der Waals surface area contributed by atoms with Crippen LogP contribution in [0.5, 0.6) is 5.75 Å². The number of carbonyl (C=O) groups excluding carboxylic acids is 2. The van der Waals surface area contributed by atoms with Gasteiger partial charge in [-0.25, -0.2) is 0 Å². The SMILES string of the molecule is CCCCCCCCCCCCOc1ccc(C(=O)C2C(=O)N(c3ccc(C)cc3)N=C2C)cc1. The summed E-state index contributed by atoms with van der Waals surface area (Å²) in [7, 11) is 0. The molecule has 1 heterocycles. The molecular formula is C30H40N2O3. The maximum absolute atomic E-state index is 13.1. The average molecular weight is 477 g/mol. The van der Waals surface area contributed by atoms with Crippen LogP contribution in [0.4, 0.5) is 5.69 Å². The van der Waals surface area contributed by atoms with E-state index in [1.165, 1.54) is 62.8 Å². The predicted octanol–water partition coefficient (Wildman–Crippen LogP) is 7.52. The van der Waals surface area contributed by atoms with Gasteiger partial charge >= 0.3 is 0 Å². The lowest BCUT2D eigenvalue weighted by Crippen LogP contribution is -2.32. The molecule has 1 amide bonds. The van der Waals surface area contributed by atoms with E-state index in [1.807, 2.05) is 43.3 Å². The van der Waals surface area contributed by atoms with Gasteiger partial charge in [0.25, 0.3) is 5.91 Å². The quantitative estimate of drug-likeness (QED) is 0.152. The molecule has 1 atom stereocenters. The number of ketones is 1. The minimum atomic E-state index is -0.880. The van der Waals surface area contributed by atoms with Gasteiger partial charge in [0.05, 0.1) is 18.0 Å². The number of unbranched alkanes of at least 4 members (excludes halogenated alkanes) is 9. The standard InChI is InChI=1S/C30H40N2O3/c1-4-5-6-7-8-9-10-11-12-13-22-35-27-20-16-25(17-21-27)29(33)28-24(3)31-32(30(28)34)26-18-14-23(2)15-19-26/h14-21,28H,4-13,22H2,1-3H3. The summed E-state index contributed by atoms with van der Waals surface area (Å²) in [4.78, 5) is 26.1. The summed E-state index contributed by atoms with van der Waals surface area (Å²) in [6.45, 7) is 6.66. The first-order valence-corrected chi connectivity index (χ1v) is 13.2. The molecule has 0 aromatic heterocycles. The maximum atomic E-state index is 13.1. The first-order chi connectivity index (χ1) is 17.0. The Hall–Kier alpha value is -2.95. The molecule has 1 aliphatic heterocycles. The molecule has 3 rings (SSSR count). The van der Waals surface area contributed by atoms with Gasteiger partial charge in [0.1, 0.15) is 11.7 Å². The van der Waals surface area contributed by atoms with Gasteiger partial charge in [-0.2, -0.15) is 10.1 Å². The number of anilines is 1. The van der Waals surface area contributed by atoms with Gasteiger partial charge in [-0.15, -0.1) is 0 Å². The van der Waals surface area contributed by atoms with Crippen LogP contribution in [0, 0.1) is 12.8 Å². The number of hydrazone groups is 1. The molecule has 35 heavy (non-hydrogen) atoms. The van der Waals surface area contributed by atoms with Crippen LogP contribution < -0.4 is 9.75 Å². The van der Waals surface area contributed by atoms with Crippen LogP contribution in [0.25, 0.3) is 0 Å². The summed E-state index contributed by atoms with van der Waals surface area (Å²) in [6, 6.07) is 14.7. The number of carbonyl (C=O) groups is 2. The smallest absolute Gasteiger partial charge is 0.264 e. The number of nitrogens with zero attached hydrogens (tertiary/aromatic N) is 2. The van der Waals surface area contributed by atoms with Crippen LogP contribution in [0.3, 0.4) is 0 Å². The van der Waals surface area contributed by atoms with Crippen molar-refractivity contribution in [2.24, 2.45) is 11.0 Å². The van der Waals surface area contributed by atoms with Crippen LogP contribution in [0.1, 0.15) is 94.0 Å². The molecule has 2 aromatic rings. The second kappa shape index (κ2) is 13.8. The largest absolute Gasteiger partial charge is 0.494 e. The minimum absolute atomic E-state index is 0.230. The molecular weight excluding hydrogens is 436 g/mol. The molecule has 5 heteroatoms. The van der Waals surface area contributed by atoms with E-state index >= 15 is 0 Å². The van der Waals surface area contributed by atoms with Crippen LogP contribution in [-0.4, -0.2) is 24.0 Å². The van der Waals surface area contributed by atoms with E-state index < -0.39 is 5.92 Å². The summed E-state index contributed by atoms with van der Waals surface area (Å²) >= 11 is 0. The lowest BCUT2D eigenvalue weighted by molar-refractivity contribution is -0.118. The van der Waals surface area contributed by atoms with Gasteiger partial charge in [0.2, 0.25) is 0 Å². The van der Waals surface area contributed by atoms with Crippen molar-refractivity contribution in [1.29, 1.82) is 0 Å². The van der Waals surface area contributed by atoms with Crippen molar-refractivity contribution < 1.29 is 14.3 Å². The van der Waals surface area contributed by atoms with E-state index in [2.05, 4.69) is 12.0 Å². The minimum Gasteiger partial charge on any atom is -0.494 e. The zero-order valence-corrected chi connectivity index (χ0v) is 21.6. The Bertz CT molecular complexity index is 980. The molecule has 0 fully saturated rings. The average Bonchev–Trinajstić information content (AvgIpc) is 3.16. The third-order valence-corrected chi connectivity index (χ3v) is 6.58. The van der Waals surface area contributed by atoms with Crippen LogP contribution in [0.2, 0.25) is 0 Å². The van der Waals surface area contributed by atoms with Gasteiger partial charge < -0.3 is 4.74 Å². The Kier molecular flexibility index (Phi) is 10.5. The van der Waals surface area contributed by atoms with Crippen molar-refractivity contribution in [1.82, 2.24) is 0 Å². The molecule has 188 valence electrons. The Morgan fingerprint density at radius 3 is 2.00 bits per heavy atom. The highest BCUT2D eigenvalue weighted by Crippen LogP contribution is 2.27. The molecule has 5 nitrogen and oxygen atoms in total. The Morgan fingerprint density at radius 2 is 1.40 bits per heavy atom. The van der Waals surface area contributed by atoms with Crippen LogP contribution in [0.15, 0.2) is 53.6 Å². The van der Waals surface area contributed by atoms with Gasteiger partial charge in [-0.05, 0) is 56.7 Å². The van der Waals surface area contributed by atoms with E-state index in [0.717, 1.165) is 17.7 Å². The molecule has 0 bridgehead atoms. The normalized spacial score (nSPS) is 15.4. The number of Topliss-reactive ketones (excluding diaryl/α,β-unsaturated/α-hetero) is 1. The number of benzene rings is 2. The van der Waals surface area contributed by atoms with E-state index in [1.54, 1.807) is 19.1 Å². The first kappa shape index (κ1) is 26.7. The number of amides is 1. The van der Waals surface area contributed by atoms with Gasteiger partial charge in [-0.3, -0.25) is 9.59 Å². The molecule has 0 saturated carbocycles. The molecule has 0 spiro atoms. The Labute approximate surface area is 210 Å². The Balaban J connectivity index is 1.40. The van der Waals surface area contributed by atoms with E-state index in [4.69, 9.17) is 4.74 Å². The fourth-order valence-electron chi connectivity index (χ4n) is 4.40. The van der Waals surface area contributed by atoms with E-state index in [9.17, 15) is 9.59 Å². The summed E-state index contributed by atoms with van der Waals surface area (Å²) < 4.78 is 5.85. The van der Waals surface area contributed by atoms with Gasteiger partial charge in [0.15, 0.2) is 5.78 Å². The topological polar surface area (TPSA) is 59.0 Å². The summed E-state index contributed by atoms with van der Waals surface area (Å²) in [5.41, 5.74) is 2.78. The van der Waals surface area contributed by atoms with Gasteiger partial charge in [-0.1, -0.05) is 82.4 Å².